The summed E-state index contributed by atoms with van der Waals surface area (Å²) < 4.78 is 0. The van der Waals surface area contributed by atoms with Gasteiger partial charge in [0.15, 0.2) is 0 Å². The molecule has 1 amide bonds. The van der Waals surface area contributed by atoms with Gasteiger partial charge in [0, 0.05) is 30.3 Å². The van der Waals surface area contributed by atoms with E-state index in [1.165, 1.54) is 30.0 Å². The van der Waals surface area contributed by atoms with Crippen molar-refractivity contribution < 1.29 is 4.79 Å². The van der Waals surface area contributed by atoms with Crippen LogP contribution in [0.4, 0.5) is 0 Å². The fourth-order valence-electron chi connectivity index (χ4n) is 3.48. The predicted octanol–water partition coefficient (Wildman–Crippen LogP) is 3.60. The number of aryl methyl sites for hydroxylation is 1. The van der Waals surface area contributed by atoms with Crippen molar-refractivity contribution in [1.29, 1.82) is 0 Å². The van der Waals surface area contributed by atoms with Crippen LogP contribution in [0, 0.1) is 5.92 Å². The van der Waals surface area contributed by atoms with E-state index in [1.807, 2.05) is 0 Å². The Morgan fingerprint density at radius 1 is 1.35 bits per heavy atom. The van der Waals surface area contributed by atoms with Crippen LogP contribution in [-0.4, -0.2) is 28.9 Å². The van der Waals surface area contributed by atoms with Crippen LogP contribution in [-0.2, 0) is 11.2 Å². The van der Waals surface area contributed by atoms with Gasteiger partial charge in [-0.1, -0.05) is 19.8 Å². The molecule has 110 valence electrons. The average Bonchev–Trinajstić information content (AvgIpc) is 3.17. The summed E-state index contributed by atoms with van der Waals surface area (Å²) in [6, 6.07) is 0. The minimum atomic E-state index is 0.316. The maximum atomic E-state index is 12.5. The highest BCUT2D eigenvalue weighted by Gasteiger charge is 2.31. The Bertz CT molecular complexity index is 465. The highest BCUT2D eigenvalue weighted by Crippen LogP contribution is 2.32. The molecule has 3 nitrogen and oxygen atoms in total. The third-order valence-corrected chi connectivity index (χ3v) is 5.77. The highest BCUT2D eigenvalue weighted by molar-refractivity contribution is 7.09. The summed E-state index contributed by atoms with van der Waals surface area (Å²) in [5.74, 6) is 1.20. The molecular formula is C16H24N2OS. The molecule has 0 radical (unpaired) electrons. The minimum Gasteiger partial charge on any atom is -0.342 e. The van der Waals surface area contributed by atoms with Crippen LogP contribution in [0.5, 0.6) is 0 Å². The van der Waals surface area contributed by atoms with E-state index in [-0.39, 0.29) is 0 Å². The maximum absolute atomic E-state index is 12.5. The summed E-state index contributed by atoms with van der Waals surface area (Å²) in [4.78, 5) is 19.4. The zero-order chi connectivity index (χ0) is 13.9. The van der Waals surface area contributed by atoms with Gasteiger partial charge in [0.05, 0.1) is 10.7 Å². The fourth-order valence-corrected chi connectivity index (χ4v) is 4.51. The van der Waals surface area contributed by atoms with Crippen LogP contribution >= 0.6 is 11.3 Å². The molecule has 0 spiro atoms. The molecule has 1 aromatic heterocycles. The van der Waals surface area contributed by atoms with Crippen molar-refractivity contribution >= 4 is 17.2 Å². The number of likely N-dealkylation sites (tertiary alicyclic amines) is 1. The van der Waals surface area contributed by atoms with E-state index < -0.39 is 0 Å². The summed E-state index contributed by atoms with van der Waals surface area (Å²) >= 11 is 1.78. The zero-order valence-electron chi connectivity index (χ0n) is 12.3. The van der Waals surface area contributed by atoms with Crippen molar-refractivity contribution in [1.82, 2.24) is 9.88 Å². The first-order chi connectivity index (χ1) is 9.78. The molecule has 1 unspecified atom stereocenters. The Morgan fingerprint density at radius 2 is 2.15 bits per heavy atom. The lowest BCUT2D eigenvalue weighted by molar-refractivity contribution is -0.136. The normalized spacial score (nSPS) is 24.2. The molecule has 1 aliphatic carbocycles. The summed E-state index contributed by atoms with van der Waals surface area (Å²) in [5, 5.41) is 3.42. The maximum Gasteiger partial charge on any atom is 0.225 e. The number of thiazole rings is 1. The quantitative estimate of drug-likeness (QED) is 0.853. The van der Waals surface area contributed by atoms with Gasteiger partial charge in [-0.25, -0.2) is 4.98 Å². The molecular weight excluding hydrogens is 268 g/mol. The molecule has 0 N–H and O–H groups in total. The molecule has 2 aliphatic rings. The second-order valence-electron chi connectivity index (χ2n) is 6.14. The van der Waals surface area contributed by atoms with Gasteiger partial charge in [-0.3, -0.25) is 4.79 Å². The van der Waals surface area contributed by atoms with Gasteiger partial charge in [-0.2, -0.15) is 0 Å². The number of rotatable bonds is 3. The first-order valence-electron chi connectivity index (χ1n) is 8.01. The van der Waals surface area contributed by atoms with Gasteiger partial charge in [0.25, 0.3) is 0 Å². The van der Waals surface area contributed by atoms with Crippen LogP contribution < -0.4 is 0 Å². The first-order valence-corrected chi connectivity index (χ1v) is 8.89. The average molecular weight is 292 g/mol. The molecule has 1 aromatic rings. The summed E-state index contributed by atoms with van der Waals surface area (Å²) in [6.07, 6.45) is 8.01. The summed E-state index contributed by atoms with van der Waals surface area (Å²) in [6.45, 7) is 4.00. The molecule has 0 bridgehead atoms. The van der Waals surface area contributed by atoms with E-state index in [1.54, 1.807) is 11.3 Å². The molecule has 3 rings (SSSR count). The number of hydrogen-bond acceptors (Lipinski definition) is 3. The number of hydrogen-bond donors (Lipinski definition) is 0. The number of aromatic nitrogens is 1. The smallest absolute Gasteiger partial charge is 0.225 e. The number of carbonyl (C=O) groups is 1. The standard InChI is InChI=1S/C16H24N2OS/c1-2-14-11-20-15(17-14)13-8-5-9-18(10-13)16(19)12-6-3-4-7-12/h11-13H,2-10H2,1H3. The lowest BCUT2D eigenvalue weighted by Gasteiger charge is -2.33. The lowest BCUT2D eigenvalue weighted by atomic mass is 9.96. The second kappa shape index (κ2) is 6.25. The van der Waals surface area contributed by atoms with E-state index in [0.717, 1.165) is 38.8 Å². The number of carbonyl (C=O) groups excluding carboxylic acids is 1. The van der Waals surface area contributed by atoms with Crippen LogP contribution in [0.15, 0.2) is 5.38 Å². The number of nitrogens with zero attached hydrogens (tertiary/aromatic N) is 2. The molecule has 20 heavy (non-hydrogen) atoms. The molecule has 1 aliphatic heterocycles. The molecule has 1 saturated heterocycles. The van der Waals surface area contributed by atoms with Crippen molar-refractivity contribution in [2.24, 2.45) is 5.92 Å². The Kier molecular flexibility index (Phi) is 4.39. The largest absolute Gasteiger partial charge is 0.342 e. The zero-order valence-corrected chi connectivity index (χ0v) is 13.1. The van der Waals surface area contributed by atoms with Crippen molar-refractivity contribution in [3.8, 4) is 0 Å². The van der Waals surface area contributed by atoms with Gasteiger partial charge < -0.3 is 4.90 Å². The first kappa shape index (κ1) is 14.1. The molecule has 0 aromatic carbocycles. The van der Waals surface area contributed by atoms with Crippen molar-refractivity contribution in [2.75, 3.05) is 13.1 Å². The van der Waals surface area contributed by atoms with E-state index in [2.05, 4.69) is 17.2 Å². The third-order valence-electron chi connectivity index (χ3n) is 4.72. The molecule has 4 heteroatoms. The Balaban J connectivity index is 1.65. The second-order valence-corrected chi connectivity index (χ2v) is 7.03. The monoisotopic (exact) mass is 292 g/mol. The van der Waals surface area contributed by atoms with Crippen molar-refractivity contribution in [3.63, 3.8) is 0 Å². The topological polar surface area (TPSA) is 33.2 Å². The Morgan fingerprint density at radius 3 is 2.85 bits per heavy atom. The van der Waals surface area contributed by atoms with Gasteiger partial charge in [0.2, 0.25) is 5.91 Å². The van der Waals surface area contributed by atoms with Gasteiger partial charge in [-0.15, -0.1) is 11.3 Å². The van der Waals surface area contributed by atoms with Crippen LogP contribution in [0.2, 0.25) is 0 Å². The van der Waals surface area contributed by atoms with E-state index in [4.69, 9.17) is 4.98 Å². The lowest BCUT2D eigenvalue weighted by Crippen LogP contribution is -2.41. The summed E-state index contributed by atoms with van der Waals surface area (Å²) in [5.41, 5.74) is 1.20. The van der Waals surface area contributed by atoms with E-state index in [9.17, 15) is 4.79 Å². The van der Waals surface area contributed by atoms with Gasteiger partial charge in [-0.05, 0) is 32.1 Å². The van der Waals surface area contributed by atoms with Crippen LogP contribution in [0.25, 0.3) is 0 Å². The minimum absolute atomic E-state index is 0.316. The van der Waals surface area contributed by atoms with Gasteiger partial charge in [0.1, 0.15) is 0 Å². The van der Waals surface area contributed by atoms with Crippen molar-refractivity contribution in [3.05, 3.63) is 16.1 Å². The fraction of sp³-hybridized carbons (Fsp3) is 0.750. The Labute approximate surface area is 125 Å². The third kappa shape index (κ3) is 2.90. The molecule has 2 heterocycles. The summed E-state index contributed by atoms with van der Waals surface area (Å²) in [7, 11) is 0. The van der Waals surface area contributed by atoms with Crippen molar-refractivity contribution in [2.45, 2.75) is 57.8 Å². The Hall–Kier alpha value is -0.900. The molecule has 1 atom stereocenters. The molecule has 2 fully saturated rings. The van der Waals surface area contributed by atoms with Crippen LogP contribution in [0.3, 0.4) is 0 Å². The predicted molar refractivity (Wildman–Crippen MR) is 82.0 cm³/mol. The van der Waals surface area contributed by atoms with Crippen LogP contribution in [0.1, 0.15) is 62.1 Å². The van der Waals surface area contributed by atoms with Gasteiger partial charge >= 0.3 is 0 Å². The number of amides is 1. The van der Waals surface area contributed by atoms with E-state index >= 15 is 0 Å². The number of piperidine rings is 1. The van der Waals surface area contributed by atoms with E-state index in [0.29, 0.717) is 17.7 Å². The SMILES string of the molecule is CCc1csc(C2CCCN(C(=O)C3CCCC3)C2)n1. The molecule has 1 saturated carbocycles. The highest BCUT2D eigenvalue weighted by atomic mass is 32.1.